The van der Waals surface area contributed by atoms with E-state index >= 15 is 0 Å². The van der Waals surface area contributed by atoms with Crippen LogP contribution in [0.4, 0.5) is 5.69 Å². The standard InChI is InChI=1S/C17H13ClN2OS/c1-11-20-17-15(21)9-12(10-16(17)22-11)5-4-8-19-14-7-3-2-6-13(14)18/h2-3,6-7,9-10,19,21H,8H2,1H3. The Labute approximate surface area is 137 Å². The summed E-state index contributed by atoms with van der Waals surface area (Å²) < 4.78 is 0.945. The van der Waals surface area contributed by atoms with E-state index < -0.39 is 0 Å². The number of anilines is 1. The first-order chi connectivity index (χ1) is 10.6. The number of para-hydroxylation sites is 1. The Bertz CT molecular complexity index is 893. The second-order valence-electron chi connectivity index (χ2n) is 4.71. The molecule has 0 unspecified atom stereocenters. The molecule has 0 radical (unpaired) electrons. The summed E-state index contributed by atoms with van der Waals surface area (Å²) in [6.07, 6.45) is 0. The molecule has 110 valence electrons. The fourth-order valence-corrected chi connectivity index (χ4v) is 3.18. The lowest BCUT2D eigenvalue weighted by Gasteiger charge is -2.03. The molecule has 0 saturated heterocycles. The summed E-state index contributed by atoms with van der Waals surface area (Å²) in [7, 11) is 0. The SMILES string of the molecule is Cc1nc2c(O)cc(C#CCNc3ccccc3Cl)cc2s1. The number of fused-ring (bicyclic) bond motifs is 1. The van der Waals surface area contributed by atoms with Gasteiger partial charge in [0.1, 0.15) is 11.3 Å². The van der Waals surface area contributed by atoms with Gasteiger partial charge < -0.3 is 10.4 Å². The second kappa shape index (κ2) is 6.27. The molecule has 3 rings (SSSR count). The largest absolute Gasteiger partial charge is 0.506 e. The molecule has 0 atom stereocenters. The number of phenols is 1. The highest BCUT2D eigenvalue weighted by Gasteiger charge is 2.06. The predicted molar refractivity (Wildman–Crippen MR) is 92.8 cm³/mol. The van der Waals surface area contributed by atoms with E-state index in [1.54, 1.807) is 17.4 Å². The lowest BCUT2D eigenvalue weighted by atomic mass is 10.2. The number of halogens is 1. The molecule has 0 saturated carbocycles. The van der Waals surface area contributed by atoms with Gasteiger partial charge in [-0.25, -0.2) is 4.98 Å². The monoisotopic (exact) mass is 328 g/mol. The van der Waals surface area contributed by atoms with Crippen LogP contribution in [-0.2, 0) is 0 Å². The Hall–Kier alpha value is -2.22. The van der Waals surface area contributed by atoms with Crippen molar-refractivity contribution in [2.45, 2.75) is 6.92 Å². The van der Waals surface area contributed by atoms with E-state index in [1.165, 1.54) is 0 Å². The third-order valence-corrected chi connectivity index (χ3v) is 4.30. The van der Waals surface area contributed by atoms with E-state index in [9.17, 15) is 5.11 Å². The van der Waals surface area contributed by atoms with Crippen molar-refractivity contribution >= 4 is 38.8 Å². The van der Waals surface area contributed by atoms with Crippen molar-refractivity contribution in [3.8, 4) is 17.6 Å². The summed E-state index contributed by atoms with van der Waals surface area (Å²) in [5.74, 6) is 6.24. The Morgan fingerprint density at radius 3 is 2.95 bits per heavy atom. The van der Waals surface area contributed by atoms with Gasteiger partial charge in [-0.2, -0.15) is 0 Å². The minimum absolute atomic E-state index is 0.171. The molecule has 2 N–H and O–H groups in total. The van der Waals surface area contributed by atoms with Crippen molar-refractivity contribution in [1.29, 1.82) is 0 Å². The minimum atomic E-state index is 0.171. The zero-order chi connectivity index (χ0) is 15.5. The van der Waals surface area contributed by atoms with Crippen LogP contribution in [0.3, 0.4) is 0 Å². The van der Waals surface area contributed by atoms with Crippen LogP contribution in [0.1, 0.15) is 10.6 Å². The molecule has 0 aliphatic rings. The molecule has 0 aliphatic carbocycles. The molecule has 2 aromatic carbocycles. The first-order valence-corrected chi connectivity index (χ1v) is 7.90. The van der Waals surface area contributed by atoms with Crippen LogP contribution in [0.2, 0.25) is 5.02 Å². The maximum absolute atomic E-state index is 9.98. The highest BCUT2D eigenvalue weighted by atomic mass is 35.5. The first kappa shape index (κ1) is 14.7. The van der Waals surface area contributed by atoms with Crippen LogP contribution >= 0.6 is 22.9 Å². The van der Waals surface area contributed by atoms with Gasteiger partial charge in [-0.3, -0.25) is 0 Å². The van der Waals surface area contributed by atoms with Crippen molar-refractivity contribution in [2.24, 2.45) is 0 Å². The quantitative estimate of drug-likeness (QED) is 0.684. The van der Waals surface area contributed by atoms with Crippen LogP contribution in [0.25, 0.3) is 10.2 Å². The summed E-state index contributed by atoms with van der Waals surface area (Å²) in [6.45, 7) is 2.40. The number of aryl methyl sites for hydroxylation is 1. The van der Waals surface area contributed by atoms with Gasteiger partial charge in [-0.1, -0.05) is 35.6 Å². The third-order valence-electron chi connectivity index (χ3n) is 3.06. The van der Waals surface area contributed by atoms with E-state index in [0.29, 0.717) is 17.1 Å². The van der Waals surface area contributed by atoms with Crippen molar-refractivity contribution in [2.75, 3.05) is 11.9 Å². The van der Waals surface area contributed by atoms with Crippen molar-refractivity contribution < 1.29 is 5.11 Å². The predicted octanol–water partition coefficient (Wildman–Crippen LogP) is 4.43. The van der Waals surface area contributed by atoms with Crippen LogP contribution in [0.5, 0.6) is 5.75 Å². The smallest absolute Gasteiger partial charge is 0.143 e. The highest BCUT2D eigenvalue weighted by Crippen LogP contribution is 2.30. The molecule has 3 nitrogen and oxygen atoms in total. The summed E-state index contributed by atoms with van der Waals surface area (Å²) in [5, 5.41) is 14.7. The van der Waals surface area contributed by atoms with E-state index in [-0.39, 0.29) is 5.75 Å². The molecule has 0 bridgehead atoms. The minimum Gasteiger partial charge on any atom is -0.506 e. The van der Waals surface area contributed by atoms with Crippen LogP contribution < -0.4 is 5.32 Å². The molecule has 0 amide bonds. The number of aromatic nitrogens is 1. The van der Waals surface area contributed by atoms with Crippen LogP contribution in [0, 0.1) is 18.8 Å². The average molecular weight is 329 g/mol. The van der Waals surface area contributed by atoms with Crippen molar-refractivity contribution in [3.63, 3.8) is 0 Å². The topological polar surface area (TPSA) is 45.2 Å². The Morgan fingerprint density at radius 1 is 1.32 bits per heavy atom. The molecule has 0 fully saturated rings. The van der Waals surface area contributed by atoms with E-state index in [0.717, 1.165) is 21.0 Å². The maximum atomic E-state index is 9.98. The summed E-state index contributed by atoms with van der Waals surface area (Å²) in [5.41, 5.74) is 2.27. The summed E-state index contributed by atoms with van der Waals surface area (Å²) in [4.78, 5) is 4.29. The number of benzene rings is 2. The van der Waals surface area contributed by atoms with Crippen molar-refractivity contribution in [1.82, 2.24) is 4.98 Å². The van der Waals surface area contributed by atoms with Crippen LogP contribution in [-0.4, -0.2) is 16.6 Å². The fraction of sp³-hybridized carbons (Fsp3) is 0.118. The number of rotatable bonds is 2. The molecule has 3 aromatic rings. The number of hydrogen-bond donors (Lipinski definition) is 2. The van der Waals surface area contributed by atoms with Crippen LogP contribution in [0.15, 0.2) is 36.4 Å². The van der Waals surface area contributed by atoms with E-state index in [1.807, 2.05) is 37.3 Å². The summed E-state index contributed by atoms with van der Waals surface area (Å²) in [6, 6.07) is 11.1. The lowest BCUT2D eigenvalue weighted by Crippen LogP contribution is -1.98. The van der Waals surface area contributed by atoms with E-state index in [4.69, 9.17) is 11.6 Å². The number of hydrogen-bond acceptors (Lipinski definition) is 4. The number of phenolic OH excluding ortho intramolecular Hbond substituents is 1. The molecule has 0 aliphatic heterocycles. The number of nitrogens with zero attached hydrogens (tertiary/aromatic N) is 1. The van der Waals surface area contributed by atoms with E-state index in [2.05, 4.69) is 22.1 Å². The molecule has 1 heterocycles. The zero-order valence-electron chi connectivity index (χ0n) is 11.9. The zero-order valence-corrected chi connectivity index (χ0v) is 13.4. The maximum Gasteiger partial charge on any atom is 0.143 e. The van der Waals surface area contributed by atoms with Gasteiger partial charge in [-0.05, 0) is 31.2 Å². The van der Waals surface area contributed by atoms with Gasteiger partial charge in [0.05, 0.1) is 27.0 Å². The fourth-order valence-electron chi connectivity index (χ4n) is 2.09. The van der Waals surface area contributed by atoms with Crippen molar-refractivity contribution in [3.05, 3.63) is 52.0 Å². The lowest BCUT2D eigenvalue weighted by molar-refractivity contribution is 0.480. The average Bonchev–Trinajstić information content (AvgIpc) is 2.86. The second-order valence-corrected chi connectivity index (χ2v) is 6.35. The molecular weight excluding hydrogens is 316 g/mol. The first-order valence-electron chi connectivity index (χ1n) is 6.71. The molecular formula is C17H13ClN2OS. The Kier molecular flexibility index (Phi) is 4.19. The number of aromatic hydroxyl groups is 1. The third kappa shape index (κ3) is 3.16. The van der Waals surface area contributed by atoms with Gasteiger partial charge in [-0.15, -0.1) is 11.3 Å². The molecule has 22 heavy (non-hydrogen) atoms. The van der Waals surface area contributed by atoms with Gasteiger partial charge >= 0.3 is 0 Å². The molecule has 1 aromatic heterocycles. The summed E-state index contributed by atoms with van der Waals surface area (Å²) >= 11 is 7.61. The molecule has 0 spiro atoms. The normalized spacial score (nSPS) is 10.3. The highest BCUT2D eigenvalue weighted by molar-refractivity contribution is 7.18. The van der Waals surface area contributed by atoms with Gasteiger partial charge in [0, 0.05) is 5.56 Å². The van der Waals surface area contributed by atoms with Gasteiger partial charge in [0.15, 0.2) is 0 Å². The Morgan fingerprint density at radius 2 is 2.14 bits per heavy atom. The number of thiazole rings is 1. The van der Waals surface area contributed by atoms with Gasteiger partial charge in [0.2, 0.25) is 0 Å². The Balaban J connectivity index is 1.75. The molecule has 5 heteroatoms. The number of nitrogens with one attached hydrogen (secondary N) is 1. The van der Waals surface area contributed by atoms with Gasteiger partial charge in [0.25, 0.3) is 0 Å².